The second-order valence-electron chi connectivity index (χ2n) is 4.55. The summed E-state index contributed by atoms with van der Waals surface area (Å²) in [5, 5.41) is 2.97. The summed E-state index contributed by atoms with van der Waals surface area (Å²) in [6.45, 7) is 6.81. The first kappa shape index (κ1) is 13.1. The number of carbonyl (C=O) groups is 1. The molecule has 0 aromatic carbocycles. The van der Waals surface area contributed by atoms with E-state index in [2.05, 4.69) is 25.2 Å². The van der Waals surface area contributed by atoms with Crippen molar-refractivity contribution in [3.05, 3.63) is 11.6 Å². The highest BCUT2D eigenvalue weighted by atomic mass is 16.2. The van der Waals surface area contributed by atoms with Gasteiger partial charge >= 0.3 is 6.03 Å². The maximum atomic E-state index is 11.7. The van der Waals surface area contributed by atoms with Crippen molar-refractivity contribution in [1.82, 2.24) is 10.2 Å². The molecule has 1 heterocycles. The monoisotopic (exact) mass is 224 g/mol. The lowest BCUT2D eigenvalue weighted by atomic mass is 10.2. The molecule has 0 spiro atoms. The van der Waals surface area contributed by atoms with Crippen LogP contribution in [-0.4, -0.2) is 30.6 Å². The van der Waals surface area contributed by atoms with Crippen molar-refractivity contribution in [2.24, 2.45) is 0 Å². The van der Waals surface area contributed by atoms with Gasteiger partial charge in [0.05, 0.1) is 0 Å². The van der Waals surface area contributed by atoms with Crippen molar-refractivity contribution in [3.63, 3.8) is 0 Å². The average molecular weight is 224 g/mol. The molecule has 3 nitrogen and oxygen atoms in total. The minimum absolute atomic E-state index is 0.0979. The van der Waals surface area contributed by atoms with Crippen LogP contribution in [0.15, 0.2) is 11.6 Å². The van der Waals surface area contributed by atoms with Crippen LogP contribution in [0.3, 0.4) is 0 Å². The minimum Gasteiger partial charge on any atom is -0.334 e. The molecule has 1 saturated heterocycles. The van der Waals surface area contributed by atoms with Crippen LogP contribution in [0.2, 0.25) is 0 Å². The van der Waals surface area contributed by atoms with Gasteiger partial charge < -0.3 is 10.2 Å². The van der Waals surface area contributed by atoms with Crippen LogP contribution in [0, 0.1) is 0 Å². The van der Waals surface area contributed by atoms with Crippen molar-refractivity contribution < 1.29 is 4.79 Å². The highest BCUT2D eigenvalue weighted by Gasteiger charge is 2.16. The highest BCUT2D eigenvalue weighted by Crippen LogP contribution is 2.07. The van der Waals surface area contributed by atoms with Crippen molar-refractivity contribution in [1.29, 1.82) is 0 Å². The predicted octanol–water partition coefficient (Wildman–Crippen LogP) is 2.93. The standard InChI is InChI=1S/C13H24N2O/c1-3-4-5-8-12(2)11-14-13(16)15-9-6-7-10-15/h8H,3-7,9-11H2,1-2H3,(H,14,16). The fraction of sp³-hybridized carbons (Fsp3) is 0.769. The van der Waals surface area contributed by atoms with Crippen molar-refractivity contribution in [2.75, 3.05) is 19.6 Å². The molecule has 2 amide bonds. The van der Waals surface area contributed by atoms with Crippen LogP contribution in [0.4, 0.5) is 4.79 Å². The summed E-state index contributed by atoms with van der Waals surface area (Å²) in [5.41, 5.74) is 1.26. The normalized spacial score (nSPS) is 16.6. The third kappa shape index (κ3) is 4.69. The molecular weight excluding hydrogens is 200 g/mol. The van der Waals surface area contributed by atoms with E-state index < -0.39 is 0 Å². The number of hydrogen-bond acceptors (Lipinski definition) is 1. The maximum absolute atomic E-state index is 11.7. The van der Waals surface area contributed by atoms with E-state index in [1.807, 2.05) is 4.90 Å². The van der Waals surface area contributed by atoms with Gasteiger partial charge in [-0.05, 0) is 26.2 Å². The van der Waals surface area contributed by atoms with Gasteiger partial charge in [0, 0.05) is 19.6 Å². The Labute approximate surface area is 98.9 Å². The van der Waals surface area contributed by atoms with E-state index in [1.54, 1.807) is 0 Å². The Bertz CT molecular complexity index is 242. The Morgan fingerprint density at radius 3 is 2.69 bits per heavy atom. The summed E-state index contributed by atoms with van der Waals surface area (Å²) in [6.07, 6.45) is 8.12. The smallest absolute Gasteiger partial charge is 0.317 e. The Hall–Kier alpha value is -0.990. The van der Waals surface area contributed by atoms with E-state index in [4.69, 9.17) is 0 Å². The predicted molar refractivity (Wildman–Crippen MR) is 67.5 cm³/mol. The van der Waals surface area contributed by atoms with Crippen LogP contribution in [-0.2, 0) is 0 Å². The van der Waals surface area contributed by atoms with Gasteiger partial charge in [-0.1, -0.05) is 31.4 Å². The molecule has 1 rings (SSSR count). The Balaban J connectivity index is 2.17. The van der Waals surface area contributed by atoms with Crippen LogP contribution >= 0.6 is 0 Å². The summed E-state index contributed by atoms with van der Waals surface area (Å²) in [5.74, 6) is 0. The van der Waals surface area contributed by atoms with Gasteiger partial charge in [-0.25, -0.2) is 4.79 Å². The summed E-state index contributed by atoms with van der Waals surface area (Å²) < 4.78 is 0. The fourth-order valence-corrected chi connectivity index (χ4v) is 1.87. The molecule has 1 aliphatic heterocycles. The zero-order valence-electron chi connectivity index (χ0n) is 10.6. The third-order valence-electron chi connectivity index (χ3n) is 2.96. The molecule has 92 valence electrons. The molecule has 1 fully saturated rings. The van der Waals surface area contributed by atoms with Crippen LogP contribution in [0.5, 0.6) is 0 Å². The molecule has 0 radical (unpaired) electrons. The molecule has 0 bridgehead atoms. The number of amides is 2. The van der Waals surface area contributed by atoms with Gasteiger partial charge in [-0.3, -0.25) is 0 Å². The van der Waals surface area contributed by atoms with E-state index in [-0.39, 0.29) is 6.03 Å². The van der Waals surface area contributed by atoms with Gasteiger partial charge in [-0.2, -0.15) is 0 Å². The van der Waals surface area contributed by atoms with Gasteiger partial charge in [0.2, 0.25) is 0 Å². The molecule has 0 aromatic rings. The highest BCUT2D eigenvalue weighted by molar-refractivity contribution is 5.74. The minimum atomic E-state index is 0.0979. The Morgan fingerprint density at radius 2 is 2.06 bits per heavy atom. The largest absolute Gasteiger partial charge is 0.334 e. The Kier molecular flexibility index (Phi) is 5.98. The van der Waals surface area contributed by atoms with Crippen LogP contribution < -0.4 is 5.32 Å². The molecule has 1 N–H and O–H groups in total. The van der Waals surface area contributed by atoms with Crippen molar-refractivity contribution in [2.45, 2.75) is 46.0 Å². The number of hydrogen-bond donors (Lipinski definition) is 1. The average Bonchev–Trinajstić information content (AvgIpc) is 2.79. The van der Waals surface area contributed by atoms with Crippen LogP contribution in [0.1, 0.15) is 46.0 Å². The lowest BCUT2D eigenvalue weighted by Gasteiger charge is -2.16. The Morgan fingerprint density at radius 1 is 1.38 bits per heavy atom. The molecule has 0 saturated carbocycles. The molecule has 0 aliphatic carbocycles. The third-order valence-corrected chi connectivity index (χ3v) is 2.96. The second-order valence-corrected chi connectivity index (χ2v) is 4.55. The second kappa shape index (κ2) is 7.31. The zero-order chi connectivity index (χ0) is 11.8. The van der Waals surface area contributed by atoms with Gasteiger partial charge in [0.1, 0.15) is 0 Å². The lowest BCUT2D eigenvalue weighted by molar-refractivity contribution is 0.210. The van der Waals surface area contributed by atoms with E-state index in [0.29, 0.717) is 6.54 Å². The summed E-state index contributed by atoms with van der Waals surface area (Å²) >= 11 is 0. The summed E-state index contributed by atoms with van der Waals surface area (Å²) in [7, 11) is 0. The molecule has 1 aliphatic rings. The molecule has 0 aromatic heterocycles. The van der Waals surface area contributed by atoms with Gasteiger partial charge in [0.15, 0.2) is 0 Å². The fourth-order valence-electron chi connectivity index (χ4n) is 1.87. The molecule has 0 atom stereocenters. The molecule has 16 heavy (non-hydrogen) atoms. The number of unbranched alkanes of at least 4 members (excludes halogenated alkanes) is 2. The van der Waals surface area contributed by atoms with Crippen molar-refractivity contribution in [3.8, 4) is 0 Å². The zero-order valence-corrected chi connectivity index (χ0v) is 10.6. The SMILES string of the molecule is CCCCC=C(C)CNC(=O)N1CCCC1. The molecular formula is C13H24N2O. The van der Waals surface area contributed by atoms with E-state index >= 15 is 0 Å². The number of rotatable bonds is 5. The first-order valence-corrected chi connectivity index (χ1v) is 6.42. The van der Waals surface area contributed by atoms with Gasteiger partial charge in [-0.15, -0.1) is 0 Å². The number of likely N-dealkylation sites (tertiary alicyclic amines) is 1. The first-order valence-electron chi connectivity index (χ1n) is 6.42. The van der Waals surface area contributed by atoms with E-state index in [0.717, 1.165) is 32.4 Å². The van der Waals surface area contributed by atoms with E-state index in [1.165, 1.54) is 18.4 Å². The molecule has 3 heteroatoms. The van der Waals surface area contributed by atoms with Crippen molar-refractivity contribution >= 4 is 6.03 Å². The molecule has 0 unspecified atom stereocenters. The van der Waals surface area contributed by atoms with E-state index in [9.17, 15) is 4.79 Å². The van der Waals surface area contributed by atoms with Gasteiger partial charge in [0.25, 0.3) is 0 Å². The number of nitrogens with one attached hydrogen (secondary N) is 1. The maximum Gasteiger partial charge on any atom is 0.317 e. The lowest BCUT2D eigenvalue weighted by Crippen LogP contribution is -2.38. The quantitative estimate of drug-likeness (QED) is 0.565. The number of nitrogens with zero attached hydrogens (tertiary/aromatic N) is 1. The first-order chi connectivity index (χ1) is 7.74. The van der Waals surface area contributed by atoms with Crippen LogP contribution in [0.25, 0.3) is 0 Å². The number of urea groups is 1. The number of carbonyl (C=O) groups excluding carboxylic acids is 1. The number of allylic oxidation sites excluding steroid dienone is 1. The topological polar surface area (TPSA) is 32.3 Å². The summed E-state index contributed by atoms with van der Waals surface area (Å²) in [6, 6.07) is 0.0979. The summed E-state index contributed by atoms with van der Waals surface area (Å²) in [4.78, 5) is 13.6.